The summed E-state index contributed by atoms with van der Waals surface area (Å²) in [4.78, 5) is 0.0897. The monoisotopic (exact) mass is 309 g/mol. The molecule has 0 radical (unpaired) electrons. The maximum absolute atomic E-state index is 12.3. The van der Waals surface area contributed by atoms with Crippen molar-refractivity contribution in [1.82, 2.24) is 5.16 Å². The number of aryl methyl sites for hydroxylation is 2. The van der Waals surface area contributed by atoms with Gasteiger partial charge < -0.3 is 9.84 Å². The lowest BCUT2D eigenvalue weighted by Crippen LogP contribution is -2.14. The summed E-state index contributed by atoms with van der Waals surface area (Å²) in [6.45, 7) is 7.24. The van der Waals surface area contributed by atoms with Crippen LogP contribution >= 0.6 is 0 Å². The van der Waals surface area contributed by atoms with Crippen LogP contribution in [0.5, 0.6) is 0 Å². The summed E-state index contributed by atoms with van der Waals surface area (Å²) < 4.78 is 32.1. The predicted molar refractivity (Wildman–Crippen MR) is 82.0 cm³/mol. The molecule has 0 atom stereocenters. The van der Waals surface area contributed by atoms with E-state index in [0.717, 1.165) is 5.69 Å². The molecule has 1 heterocycles. The summed E-state index contributed by atoms with van der Waals surface area (Å²) in [5.41, 5.74) is 1.77. The van der Waals surface area contributed by atoms with Gasteiger partial charge in [0, 0.05) is 17.4 Å². The van der Waals surface area contributed by atoms with E-state index >= 15 is 0 Å². The summed E-state index contributed by atoms with van der Waals surface area (Å²) in [6, 6.07) is 7.38. The Kier molecular flexibility index (Phi) is 4.22. The minimum atomic E-state index is -3.69. The smallest absolute Gasteiger partial charge is 0.267 e. The Labute approximate surface area is 124 Å². The van der Waals surface area contributed by atoms with Crippen LogP contribution in [0.15, 0.2) is 33.7 Å². The van der Waals surface area contributed by atoms with Crippen LogP contribution in [0.2, 0.25) is 0 Å². The van der Waals surface area contributed by atoms with Crippen molar-refractivity contribution in [2.45, 2.75) is 38.6 Å². The van der Waals surface area contributed by atoms with Crippen molar-refractivity contribution < 1.29 is 12.9 Å². The maximum Gasteiger partial charge on any atom is 0.267 e. The Balaban J connectivity index is 2.21. The predicted octanol–water partition coefficient (Wildman–Crippen LogP) is 2.91. The van der Waals surface area contributed by atoms with Crippen LogP contribution in [0.3, 0.4) is 0 Å². The fraction of sp³-hybridized carbons (Fsp3) is 0.357. The van der Waals surface area contributed by atoms with E-state index in [1.807, 2.05) is 26.0 Å². The van der Waals surface area contributed by atoms with E-state index in [-0.39, 0.29) is 10.7 Å². The molecule has 114 valence electrons. The molecule has 0 amide bonds. The topological polar surface area (TPSA) is 84.2 Å². The molecule has 0 aliphatic heterocycles. The Morgan fingerprint density at radius 3 is 2.14 bits per heavy atom. The molecular weight excluding hydrogens is 290 g/mol. The number of nitrogens with zero attached hydrogens (tertiary/aromatic N) is 1. The maximum atomic E-state index is 12.3. The van der Waals surface area contributed by atoms with Gasteiger partial charge in [-0.1, -0.05) is 5.16 Å². The zero-order chi connectivity index (χ0) is 15.6. The third-order valence-corrected chi connectivity index (χ3v) is 4.45. The van der Waals surface area contributed by atoms with Gasteiger partial charge in [0.25, 0.3) is 10.0 Å². The number of sulfonamides is 1. The number of rotatable bonds is 5. The first-order valence-corrected chi connectivity index (χ1v) is 8.10. The third kappa shape index (κ3) is 3.55. The van der Waals surface area contributed by atoms with Gasteiger partial charge in [-0.3, -0.25) is 4.72 Å². The van der Waals surface area contributed by atoms with E-state index in [2.05, 4.69) is 15.2 Å². The van der Waals surface area contributed by atoms with Gasteiger partial charge in [-0.05, 0) is 52.0 Å². The van der Waals surface area contributed by atoms with Crippen LogP contribution < -0.4 is 10.0 Å². The molecule has 2 aromatic rings. The van der Waals surface area contributed by atoms with Crippen LogP contribution in [0, 0.1) is 13.8 Å². The average Bonchev–Trinajstić information content (AvgIpc) is 2.71. The molecule has 0 aliphatic carbocycles. The summed E-state index contributed by atoms with van der Waals surface area (Å²) in [7, 11) is -3.69. The number of nitrogens with one attached hydrogen (secondary N) is 2. The van der Waals surface area contributed by atoms with Gasteiger partial charge >= 0.3 is 0 Å². The largest absolute Gasteiger partial charge is 0.383 e. The van der Waals surface area contributed by atoms with Crippen molar-refractivity contribution in [3.63, 3.8) is 0 Å². The normalized spacial score (nSPS) is 11.7. The Hall–Kier alpha value is -2.02. The molecule has 1 aromatic carbocycles. The van der Waals surface area contributed by atoms with Crippen LogP contribution in [-0.4, -0.2) is 19.6 Å². The SMILES string of the molecule is Cc1noc(C)c1S(=O)(=O)Nc1ccc(NC(C)C)cc1. The Morgan fingerprint density at radius 2 is 1.67 bits per heavy atom. The first-order chi connectivity index (χ1) is 9.79. The summed E-state index contributed by atoms with van der Waals surface area (Å²) in [5.74, 6) is 0.276. The summed E-state index contributed by atoms with van der Waals surface area (Å²) in [6.07, 6.45) is 0. The lowest BCUT2D eigenvalue weighted by Gasteiger charge is -2.11. The van der Waals surface area contributed by atoms with Gasteiger partial charge in [0.15, 0.2) is 10.7 Å². The Morgan fingerprint density at radius 1 is 1.10 bits per heavy atom. The second-order valence-electron chi connectivity index (χ2n) is 5.14. The molecule has 2 N–H and O–H groups in total. The zero-order valence-electron chi connectivity index (χ0n) is 12.5. The minimum Gasteiger partial charge on any atom is -0.383 e. The van der Waals surface area contributed by atoms with Crippen molar-refractivity contribution in [2.75, 3.05) is 10.0 Å². The van der Waals surface area contributed by atoms with Crippen LogP contribution in [0.25, 0.3) is 0 Å². The summed E-state index contributed by atoms with van der Waals surface area (Å²) >= 11 is 0. The van der Waals surface area contributed by atoms with Crippen molar-refractivity contribution in [2.24, 2.45) is 0 Å². The standard InChI is InChI=1S/C14H19N3O3S/c1-9(2)15-12-5-7-13(8-6-12)17-21(18,19)14-10(3)16-20-11(14)4/h5-9,15,17H,1-4H3. The highest BCUT2D eigenvalue weighted by atomic mass is 32.2. The highest BCUT2D eigenvalue weighted by Gasteiger charge is 2.24. The van der Waals surface area contributed by atoms with Gasteiger partial charge in [0.05, 0.1) is 0 Å². The molecule has 1 aromatic heterocycles. The highest BCUT2D eigenvalue weighted by Crippen LogP contribution is 2.23. The number of hydrogen-bond acceptors (Lipinski definition) is 5. The molecule has 0 bridgehead atoms. The number of aromatic nitrogens is 1. The first-order valence-electron chi connectivity index (χ1n) is 6.62. The molecule has 0 fully saturated rings. The van der Waals surface area contributed by atoms with Crippen molar-refractivity contribution >= 4 is 21.4 Å². The van der Waals surface area contributed by atoms with Crippen molar-refractivity contribution in [3.05, 3.63) is 35.7 Å². The van der Waals surface area contributed by atoms with E-state index in [1.54, 1.807) is 26.0 Å². The fourth-order valence-corrected chi connectivity index (χ4v) is 3.42. The van der Waals surface area contributed by atoms with Gasteiger partial charge in [-0.25, -0.2) is 8.42 Å². The van der Waals surface area contributed by atoms with E-state index in [1.165, 1.54) is 0 Å². The Bertz CT molecular complexity index is 699. The summed E-state index contributed by atoms with van der Waals surface area (Å²) in [5, 5.41) is 6.91. The van der Waals surface area contributed by atoms with Crippen molar-refractivity contribution in [3.8, 4) is 0 Å². The molecule has 6 nitrogen and oxygen atoms in total. The van der Waals surface area contributed by atoms with Gasteiger partial charge in [-0.2, -0.15) is 0 Å². The second kappa shape index (κ2) is 5.77. The number of anilines is 2. The second-order valence-corrected chi connectivity index (χ2v) is 6.75. The quantitative estimate of drug-likeness (QED) is 0.887. The number of benzene rings is 1. The lowest BCUT2D eigenvalue weighted by atomic mass is 10.2. The molecular formula is C14H19N3O3S. The molecule has 0 aliphatic rings. The van der Waals surface area contributed by atoms with E-state index in [9.17, 15) is 8.42 Å². The van der Waals surface area contributed by atoms with Crippen LogP contribution in [0.4, 0.5) is 11.4 Å². The first kappa shape index (κ1) is 15.4. The average molecular weight is 309 g/mol. The van der Waals surface area contributed by atoms with E-state index in [0.29, 0.717) is 17.4 Å². The van der Waals surface area contributed by atoms with Gasteiger partial charge in [0.2, 0.25) is 0 Å². The zero-order valence-corrected chi connectivity index (χ0v) is 13.3. The van der Waals surface area contributed by atoms with Gasteiger partial charge in [-0.15, -0.1) is 0 Å². The molecule has 0 spiro atoms. The molecule has 0 unspecified atom stereocenters. The molecule has 0 saturated carbocycles. The highest BCUT2D eigenvalue weighted by molar-refractivity contribution is 7.92. The van der Waals surface area contributed by atoms with Crippen LogP contribution in [0.1, 0.15) is 25.3 Å². The van der Waals surface area contributed by atoms with E-state index < -0.39 is 10.0 Å². The number of hydrogen-bond donors (Lipinski definition) is 2. The minimum absolute atomic E-state index is 0.0897. The molecule has 21 heavy (non-hydrogen) atoms. The fourth-order valence-electron chi connectivity index (χ4n) is 2.03. The molecule has 0 saturated heterocycles. The molecule has 2 rings (SSSR count). The lowest BCUT2D eigenvalue weighted by molar-refractivity contribution is 0.390. The third-order valence-electron chi connectivity index (χ3n) is 2.83. The molecule has 7 heteroatoms. The van der Waals surface area contributed by atoms with Crippen LogP contribution in [-0.2, 0) is 10.0 Å². The van der Waals surface area contributed by atoms with E-state index in [4.69, 9.17) is 4.52 Å². The van der Waals surface area contributed by atoms with Gasteiger partial charge in [0.1, 0.15) is 5.69 Å². The van der Waals surface area contributed by atoms with Crippen molar-refractivity contribution in [1.29, 1.82) is 0 Å².